The van der Waals surface area contributed by atoms with Crippen LogP contribution in [0.1, 0.15) is 33.6 Å². The van der Waals surface area contributed by atoms with Crippen molar-refractivity contribution in [3.8, 4) is 0 Å². The van der Waals surface area contributed by atoms with Gasteiger partial charge in [-0.15, -0.1) is 0 Å². The van der Waals surface area contributed by atoms with E-state index in [9.17, 15) is 18.4 Å². The van der Waals surface area contributed by atoms with Gasteiger partial charge in [-0.3, -0.25) is 4.79 Å². The van der Waals surface area contributed by atoms with Crippen LogP contribution in [0.2, 0.25) is 0 Å². The molecule has 2 aliphatic carbocycles. The average Bonchev–Trinajstić information content (AvgIpc) is 3.26. The lowest BCUT2D eigenvalue weighted by Gasteiger charge is -2.30. The van der Waals surface area contributed by atoms with Crippen LogP contribution in [0, 0.1) is 17.8 Å². The van der Waals surface area contributed by atoms with Crippen LogP contribution >= 0.6 is 11.6 Å². The number of amides is 2. The minimum Gasteiger partial charge on any atom is -0.444 e. The highest BCUT2D eigenvalue weighted by atomic mass is 35.5. The summed E-state index contributed by atoms with van der Waals surface area (Å²) in [6.07, 6.45) is 1.85. The first-order valence-corrected chi connectivity index (χ1v) is 9.60. The molecule has 0 aromatic heterocycles. The molecule has 1 N–H and O–H groups in total. The van der Waals surface area contributed by atoms with Gasteiger partial charge in [-0.1, -0.05) is 11.6 Å². The number of rotatable bonds is 4. The van der Waals surface area contributed by atoms with E-state index in [4.69, 9.17) is 16.3 Å². The number of hydrogen-bond donors (Lipinski definition) is 1. The number of alkyl carbamates (subject to hydrolysis) is 1. The van der Waals surface area contributed by atoms with Gasteiger partial charge in [0.25, 0.3) is 0 Å². The van der Waals surface area contributed by atoms with E-state index in [1.165, 1.54) is 0 Å². The normalized spacial score (nSPS) is 31.5. The monoisotopic (exact) mass is 402 g/mol. The van der Waals surface area contributed by atoms with Gasteiger partial charge in [0.15, 0.2) is 0 Å². The summed E-state index contributed by atoms with van der Waals surface area (Å²) in [7, 11) is 0. The van der Waals surface area contributed by atoms with Gasteiger partial charge < -0.3 is 15.0 Å². The molecule has 4 atom stereocenters. The molecule has 0 bridgehead atoms. The molecule has 3 aliphatic rings. The van der Waals surface area contributed by atoms with Crippen molar-refractivity contribution in [2.24, 2.45) is 17.8 Å². The molecule has 1 heterocycles. The number of nitrogens with zero attached hydrogens (tertiary/aromatic N) is 1. The molecule has 5 nitrogen and oxygen atoms in total. The van der Waals surface area contributed by atoms with Crippen LogP contribution in [-0.2, 0) is 9.53 Å². The molecule has 150 valence electrons. The van der Waals surface area contributed by atoms with E-state index in [0.717, 1.165) is 25.0 Å². The van der Waals surface area contributed by atoms with E-state index >= 15 is 0 Å². The van der Waals surface area contributed by atoms with E-state index < -0.39 is 41.6 Å². The molecule has 1 saturated carbocycles. The fourth-order valence-electron chi connectivity index (χ4n) is 3.66. The first kappa shape index (κ1) is 20.1. The molecule has 1 saturated heterocycles. The molecule has 1 aliphatic heterocycles. The molecule has 27 heavy (non-hydrogen) atoms. The Balaban J connectivity index is 1.81. The molecule has 2 fully saturated rings. The Morgan fingerprint density at radius 1 is 1.41 bits per heavy atom. The zero-order chi connectivity index (χ0) is 19.9. The number of carbonyl (C=O) groups excluding carboxylic acids is 2. The maximum absolute atomic E-state index is 14.6. The van der Waals surface area contributed by atoms with Crippen molar-refractivity contribution in [1.82, 2.24) is 10.2 Å². The number of ether oxygens (including phenoxy) is 1. The van der Waals surface area contributed by atoms with Gasteiger partial charge in [0, 0.05) is 24.0 Å². The molecule has 2 amide bonds. The SMILES string of the molecule is CC(C)(C)OC(=O)N[C@@H]1C(=O)N(CC2CC2)C[C@H]1C1C(F)=CC(Cl)=CC1F. The third-order valence-electron chi connectivity index (χ3n) is 5.00. The van der Waals surface area contributed by atoms with Crippen molar-refractivity contribution in [3.63, 3.8) is 0 Å². The van der Waals surface area contributed by atoms with E-state index in [1.807, 2.05) is 0 Å². The number of likely N-dealkylation sites (tertiary alicyclic amines) is 1. The minimum atomic E-state index is -1.66. The summed E-state index contributed by atoms with van der Waals surface area (Å²) < 4.78 is 34.4. The van der Waals surface area contributed by atoms with Crippen LogP contribution in [0.15, 0.2) is 23.0 Å². The van der Waals surface area contributed by atoms with Crippen LogP contribution in [0.25, 0.3) is 0 Å². The van der Waals surface area contributed by atoms with Crippen molar-refractivity contribution in [2.45, 2.75) is 51.4 Å². The summed E-state index contributed by atoms with van der Waals surface area (Å²) >= 11 is 5.74. The van der Waals surface area contributed by atoms with Gasteiger partial charge >= 0.3 is 6.09 Å². The lowest BCUT2D eigenvalue weighted by Crippen LogP contribution is -2.48. The first-order chi connectivity index (χ1) is 12.5. The zero-order valence-electron chi connectivity index (χ0n) is 15.7. The Morgan fingerprint density at radius 2 is 2.07 bits per heavy atom. The second kappa shape index (κ2) is 7.41. The first-order valence-electron chi connectivity index (χ1n) is 9.22. The maximum Gasteiger partial charge on any atom is 0.408 e. The quantitative estimate of drug-likeness (QED) is 0.780. The van der Waals surface area contributed by atoms with E-state index in [1.54, 1.807) is 25.7 Å². The zero-order valence-corrected chi connectivity index (χ0v) is 16.4. The standard InChI is InChI=1S/C19H25ClF2N2O3/c1-19(2,3)27-18(26)23-16-12(9-24(17(16)25)8-10-4-5-10)15-13(21)6-11(20)7-14(15)22/h6-7,10,12-13,15-16H,4-5,8-9H2,1-3H3,(H,23,26)/t12-,13?,15?,16-/m0/s1. The lowest BCUT2D eigenvalue weighted by atomic mass is 9.81. The van der Waals surface area contributed by atoms with Gasteiger partial charge in [-0.25, -0.2) is 13.6 Å². The average molecular weight is 403 g/mol. The molecular formula is C19H25ClF2N2O3. The van der Waals surface area contributed by atoms with Crippen molar-refractivity contribution in [2.75, 3.05) is 13.1 Å². The molecule has 0 radical (unpaired) electrons. The van der Waals surface area contributed by atoms with Crippen molar-refractivity contribution in [1.29, 1.82) is 0 Å². The molecular weight excluding hydrogens is 378 g/mol. The van der Waals surface area contributed by atoms with Gasteiger partial charge in [-0.2, -0.15) is 0 Å². The second-order valence-corrected chi connectivity index (χ2v) is 8.96. The highest BCUT2D eigenvalue weighted by molar-refractivity contribution is 6.31. The molecule has 8 heteroatoms. The van der Waals surface area contributed by atoms with Crippen molar-refractivity contribution >= 4 is 23.6 Å². The van der Waals surface area contributed by atoms with Crippen LogP contribution in [0.3, 0.4) is 0 Å². The third-order valence-corrected chi connectivity index (χ3v) is 5.24. The minimum absolute atomic E-state index is 0.00735. The number of alkyl halides is 1. The predicted molar refractivity (Wildman–Crippen MR) is 97.5 cm³/mol. The molecule has 3 rings (SSSR count). The topological polar surface area (TPSA) is 58.6 Å². The number of carbonyl (C=O) groups is 2. The van der Waals surface area contributed by atoms with Crippen molar-refractivity contribution in [3.05, 3.63) is 23.0 Å². The van der Waals surface area contributed by atoms with E-state index in [0.29, 0.717) is 12.5 Å². The Kier molecular flexibility index (Phi) is 5.52. The maximum atomic E-state index is 14.6. The number of hydrogen-bond acceptors (Lipinski definition) is 3. The molecule has 2 unspecified atom stereocenters. The van der Waals surface area contributed by atoms with Crippen LogP contribution in [-0.4, -0.2) is 47.8 Å². The lowest BCUT2D eigenvalue weighted by molar-refractivity contribution is -0.129. The number of allylic oxidation sites excluding steroid dienone is 4. The van der Waals surface area contributed by atoms with E-state index in [2.05, 4.69) is 5.32 Å². The summed E-state index contributed by atoms with van der Waals surface area (Å²) in [5, 5.41) is 2.53. The number of nitrogens with one attached hydrogen (secondary N) is 1. The van der Waals surface area contributed by atoms with Crippen molar-refractivity contribution < 1.29 is 23.1 Å². The second-order valence-electron chi connectivity index (χ2n) is 8.53. The van der Waals surface area contributed by atoms with Gasteiger partial charge in [0.1, 0.15) is 23.6 Å². The summed E-state index contributed by atoms with van der Waals surface area (Å²) in [6, 6.07) is -1.04. The van der Waals surface area contributed by atoms with Crippen LogP contribution < -0.4 is 5.32 Å². The highest BCUT2D eigenvalue weighted by Gasteiger charge is 2.50. The summed E-state index contributed by atoms with van der Waals surface area (Å²) in [5.74, 6) is -2.51. The highest BCUT2D eigenvalue weighted by Crippen LogP contribution is 2.40. The Morgan fingerprint density at radius 3 is 2.63 bits per heavy atom. The van der Waals surface area contributed by atoms with Crippen LogP contribution in [0.5, 0.6) is 0 Å². The Bertz CT molecular complexity index is 685. The van der Waals surface area contributed by atoms with Gasteiger partial charge in [0.05, 0.1) is 5.92 Å². The number of halogens is 3. The smallest absolute Gasteiger partial charge is 0.408 e. The summed E-state index contributed by atoms with van der Waals surface area (Å²) in [4.78, 5) is 26.7. The van der Waals surface area contributed by atoms with Gasteiger partial charge in [-0.05, 0) is 51.7 Å². The molecule has 0 aromatic rings. The van der Waals surface area contributed by atoms with E-state index in [-0.39, 0.29) is 17.5 Å². The van der Waals surface area contributed by atoms with Gasteiger partial charge in [0.2, 0.25) is 5.91 Å². The summed E-state index contributed by atoms with van der Waals surface area (Å²) in [5.41, 5.74) is -0.746. The molecule has 0 aromatic carbocycles. The Hall–Kier alpha value is -1.63. The third kappa shape index (κ3) is 4.81. The van der Waals surface area contributed by atoms with Crippen LogP contribution in [0.4, 0.5) is 13.6 Å². The largest absolute Gasteiger partial charge is 0.444 e. The predicted octanol–water partition coefficient (Wildman–Crippen LogP) is 3.69. The summed E-state index contributed by atoms with van der Waals surface area (Å²) in [6.45, 7) is 5.84. The fraction of sp³-hybridized carbons (Fsp3) is 0.684. The Labute approximate surface area is 162 Å². The fourth-order valence-corrected chi connectivity index (χ4v) is 3.88. The molecule has 0 spiro atoms.